The van der Waals surface area contributed by atoms with E-state index in [1.165, 1.54) is 0 Å². The number of hydrogen-bond acceptors (Lipinski definition) is 4. The van der Waals surface area contributed by atoms with Gasteiger partial charge in [-0.15, -0.1) is 0 Å². The van der Waals surface area contributed by atoms with E-state index in [-0.39, 0.29) is 0 Å². The monoisotopic (exact) mass is 252 g/mol. The number of para-hydroxylation sites is 1. The molecule has 96 valence electrons. The zero-order chi connectivity index (χ0) is 13.2. The first-order chi connectivity index (χ1) is 9.26. The highest BCUT2D eigenvalue weighted by Gasteiger charge is 2.19. The van der Waals surface area contributed by atoms with Gasteiger partial charge in [0.05, 0.1) is 17.1 Å². The Balaban J connectivity index is 1.94. The van der Waals surface area contributed by atoms with Crippen molar-refractivity contribution in [1.29, 1.82) is 5.26 Å². The third kappa shape index (κ3) is 2.38. The van der Waals surface area contributed by atoms with Crippen LogP contribution >= 0.6 is 0 Å². The zero-order valence-corrected chi connectivity index (χ0v) is 10.9. The minimum atomic E-state index is 0.421. The largest absolute Gasteiger partial charge is 0.366 e. The molecule has 1 N–H and O–H groups in total. The van der Waals surface area contributed by atoms with Crippen molar-refractivity contribution in [1.82, 2.24) is 9.88 Å². The second-order valence-electron chi connectivity index (χ2n) is 5.08. The average molecular weight is 252 g/mol. The topological polar surface area (TPSA) is 52.0 Å². The Morgan fingerprint density at radius 3 is 3.00 bits per heavy atom. The highest BCUT2D eigenvalue weighted by molar-refractivity contribution is 5.86. The molecule has 4 heteroatoms. The lowest BCUT2D eigenvalue weighted by molar-refractivity contribution is 0.414. The summed E-state index contributed by atoms with van der Waals surface area (Å²) in [4.78, 5) is 6.89. The standard InChI is InChI=1S/C15H16N4/c1-19-7-6-12(10-19)17-15-8-11(9-16)13-4-2-3-5-14(13)18-15/h2-5,8,12H,6-7,10H2,1H3,(H,17,18). The number of hydrogen-bond donors (Lipinski definition) is 1. The van der Waals surface area contributed by atoms with Gasteiger partial charge in [-0.1, -0.05) is 18.2 Å². The number of likely N-dealkylation sites (N-methyl/N-ethyl adjacent to an activating group) is 1. The summed E-state index contributed by atoms with van der Waals surface area (Å²) in [5.41, 5.74) is 1.55. The van der Waals surface area contributed by atoms with Crippen molar-refractivity contribution in [2.24, 2.45) is 0 Å². The lowest BCUT2D eigenvalue weighted by Gasteiger charge is -2.14. The number of anilines is 1. The Labute approximate surface area is 112 Å². The summed E-state index contributed by atoms with van der Waals surface area (Å²) in [7, 11) is 2.12. The molecule has 0 radical (unpaired) electrons. The maximum absolute atomic E-state index is 9.25. The molecule has 2 heterocycles. The Morgan fingerprint density at radius 2 is 2.26 bits per heavy atom. The SMILES string of the molecule is CN1CCC(Nc2cc(C#N)c3ccccc3n2)C1. The summed E-state index contributed by atoms with van der Waals surface area (Å²) in [5, 5.41) is 13.6. The molecule has 1 aliphatic rings. The number of nitriles is 1. The molecule has 0 aliphatic carbocycles. The molecule has 0 spiro atoms. The van der Waals surface area contributed by atoms with Crippen LogP contribution in [-0.4, -0.2) is 36.1 Å². The molecule has 1 aliphatic heterocycles. The van der Waals surface area contributed by atoms with Gasteiger partial charge in [0.2, 0.25) is 0 Å². The van der Waals surface area contributed by atoms with Crippen LogP contribution in [0.2, 0.25) is 0 Å². The predicted molar refractivity (Wildman–Crippen MR) is 76.0 cm³/mol. The Bertz CT molecular complexity index is 644. The molecule has 1 saturated heterocycles. The minimum absolute atomic E-state index is 0.421. The Hall–Kier alpha value is -2.12. The molecular formula is C15H16N4. The minimum Gasteiger partial charge on any atom is -0.366 e. The van der Waals surface area contributed by atoms with E-state index in [9.17, 15) is 5.26 Å². The van der Waals surface area contributed by atoms with Gasteiger partial charge in [-0.3, -0.25) is 0 Å². The summed E-state index contributed by atoms with van der Waals surface area (Å²) in [6.45, 7) is 2.13. The van der Waals surface area contributed by atoms with Gasteiger partial charge in [-0.05, 0) is 32.1 Å². The summed E-state index contributed by atoms with van der Waals surface area (Å²) >= 11 is 0. The van der Waals surface area contributed by atoms with E-state index in [1.807, 2.05) is 30.3 Å². The van der Waals surface area contributed by atoms with Crippen molar-refractivity contribution >= 4 is 16.7 Å². The molecule has 0 amide bonds. The number of aromatic nitrogens is 1. The van der Waals surface area contributed by atoms with Crippen LogP contribution in [0.1, 0.15) is 12.0 Å². The van der Waals surface area contributed by atoms with Gasteiger partial charge in [0, 0.05) is 18.0 Å². The maximum Gasteiger partial charge on any atom is 0.128 e. The number of likely N-dealkylation sites (tertiary alicyclic amines) is 1. The second-order valence-corrected chi connectivity index (χ2v) is 5.08. The summed E-state index contributed by atoms with van der Waals surface area (Å²) in [6.07, 6.45) is 1.12. The fraction of sp³-hybridized carbons (Fsp3) is 0.333. The molecule has 4 nitrogen and oxygen atoms in total. The normalized spacial score (nSPS) is 19.5. The van der Waals surface area contributed by atoms with Gasteiger partial charge >= 0.3 is 0 Å². The van der Waals surface area contributed by atoms with E-state index in [0.29, 0.717) is 11.6 Å². The van der Waals surface area contributed by atoms with Crippen LogP contribution in [0.5, 0.6) is 0 Å². The average Bonchev–Trinajstić information content (AvgIpc) is 2.83. The van der Waals surface area contributed by atoms with Gasteiger partial charge in [0.25, 0.3) is 0 Å². The molecule has 0 saturated carbocycles. The molecule has 1 fully saturated rings. The molecule has 2 aromatic rings. The quantitative estimate of drug-likeness (QED) is 0.890. The molecule has 1 aromatic heterocycles. The maximum atomic E-state index is 9.25. The molecule has 3 rings (SSSR count). The van der Waals surface area contributed by atoms with Crippen molar-refractivity contribution in [3.63, 3.8) is 0 Å². The van der Waals surface area contributed by atoms with E-state index >= 15 is 0 Å². The smallest absolute Gasteiger partial charge is 0.128 e. The lowest BCUT2D eigenvalue weighted by Crippen LogP contribution is -2.24. The molecule has 0 bridgehead atoms. The van der Waals surface area contributed by atoms with Crippen molar-refractivity contribution in [2.45, 2.75) is 12.5 Å². The van der Waals surface area contributed by atoms with Crippen LogP contribution in [0, 0.1) is 11.3 Å². The predicted octanol–water partition coefficient (Wildman–Crippen LogP) is 2.22. The fourth-order valence-electron chi connectivity index (χ4n) is 2.60. The van der Waals surface area contributed by atoms with Crippen LogP contribution in [-0.2, 0) is 0 Å². The number of fused-ring (bicyclic) bond motifs is 1. The Kier molecular flexibility index (Phi) is 3.06. The third-order valence-corrected chi connectivity index (χ3v) is 3.58. The van der Waals surface area contributed by atoms with E-state index in [2.05, 4.69) is 28.3 Å². The summed E-state index contributed by atoms with van der Waals surface area (Å²) < 4.78 is 0. The fourth-order valence-corrected chi connectivity index (χ4v) is 2.60. The van der Waals surface area contributed by atoms with Crippen LogP contribution in [0.4, 0.5) is 5.82 Å². The van der Waals surface area contributed by atoms with Crippen LogP contribution in [0.3, 0.4) is 0 Å². The van der Waals surface area contributed by atoms with Crippen molar-refractivity contribution in [3.05, 3.63) is 35.9 Å². The van der Waals surface area contributed by atoms with Crippen molar-refractivity contribution in [2.75, 3.05) is 25.5 Å². The van der Waals surface area contributed by atoms with Crippen molar-refractivity contribution in [3.8, 4) is 6.07 Å². The van der Waals surface area contributed by atoms with Gasteiger partial charge in [-0.2, -0.15) is 5.26 Å². The number of nitrogens with one attached hydrogen (secondary N) is 1. The second kappa shape index (κ2) is 4.87. The molecule has 19 heavy (non-hydrogen) atoms. The summed E-state index contributed by atoms with van der Waals surface area (Å²) in [6, 6.07) is 12.3. The number of rotatable bonds is 2. The first-order valence-corrected chi connectivity index (χ1v) is 6.51. The van der Waals surface area contributed by atoms with E-state index in [0.717, 1.165) is 36.2 Å². The van der Waals surface area contributed by atoms with Gasteiger partial charge in [0.15, 0.2) is 0 Å². The number of benzene rings is 1. The zero-order valence-electron chi connectivity index (χ0n) is 10.9. The van der Waals surface area contributed by atoms with Crippen LogP contribution in [0.15, 0.2) is 30.3 Å². The third-order valence-electron chi connectivity index (χ3n) is 3.58. The Morgan fingerprint density at radius 1 is 1.42 bits per heavy atom. The summed E-state index contributed by atoms with van der Waals surface area (Å²) in [5.74, 6) is 0.801. The van der Waals surface area contributed by atoms with Gasteiger partial charge in [-0.25, -0.2) is 4.98 Å². The van der Waals surface area contributed by atoms with Crippen LogP contribution < -0.4 is 5.32 Å². The van der Waals surface area contributed by atoms with Crippen molar-refractivity contribution < 1.29 is 0 Å². The molecule has 1 atom stereocenters. The highest BCUT2D eigenvalue weighted by Crippen LogP contribution is 2.21. The lowest BCUT2D eigenvalue weighted by atomic mass is 10.1. The molecular weight excluding hydrogens is 236 g/mol. The highest BCUT2D eigenvalue weighted by atomic mass is 15.2. The first-order valence-electron chi connectivity index (χ1n) is 6.51. The molecule has 1 unspecified atom stereocenters. The number of pyridine rings is 1. The van der Waals surface area contributed by atoms with Gasteiger partial charge in [0.1, 0.15) is 5.82 Å². The van der Waals surface area contributed by atoms with Gasteiger partial charge < -0.3 is 10.2 Å². The van der Waals surface area contributed by atoms with Crippen LogP contribution in [0.25, 0.3) is 10.9 Å². The van der Waals surface area contributed by atoms with E-state index in [4.69, 9.17) is 0 Å². The number of nitrogens with zero attached hydrogens (tertiary/aromatic N) is 3. The van der Waals surface area contributed by atoms with E-state index < -0.39 is 0 Å². The van der Waals surface area contributed by atoms with E-state index in [1.54, 1.807) is 0 Å². The molecule has 1 aromatic carbocycles. The first kappa shape index (κ1) is 11.9.